The second-order valence-electron chi connectivity index (χ2n) is 8.12. The molecule has 1 aliphatic heterocycles. The van der Waals surface area contributed by atoms with Crippen LogP contribution in [0.2, 0.25) is 0 Å². The van der Waals surface area contributed by atoms with Crippen LogP contribution in [0.25, 0.3) is 0 Å². The molecule has 0 radical (unpaired) electrons. The van der Waals surface area contributed by atoms with Crippen LogP contribution in [0.15, 0.2) is 91.0 Å². The summed E-state index contributed by atoms with van der Waals surface area (Å²) in [6, 6.07) is 24.7. The SMILES string of the molecule is C[C@]1(OC(=O)c2ccccc2)C(O)O[C@H](COC(=O)c2ccccc2)[C@@H]1OC(=O)c1ccccc1. The quantitative estimate of drug-likeness (QED) is 0.408. The van der Waals surface area contributed by atoms with Crippen molar-refractivity contribution >= 4 is 17.9 Å². The molecule has 0 amide bonds. The summed E-state index contributed by atoms with van der Waals surface area (Å²) in [6.07, 6.45) is -4.02. The Labute approximate surface area is 202 Å². The molecule has 0 bridgehead atoms. The highest BCUT2D eigenvalue weighted by Gasteiger charge is 2.59. The van der Waals surface area contributed by atoms with Crippen LogP contribution < -0.4 is 0 Å². The number of aliphatic hydroxyl groups is 1. The molecular formula is C27H24O8. The van der Waals surface area contributed by atoms with Crippen molar-refractivity contribution in [2.24, 2.45) is 0 Å². The third kappa shape index (κ3) is 5.40. The van der Waals surface area contributed by atoms with Crippen LogP contribution >= 0.6 is 0 Å². The Morgan fingerprint density at radius 2 is 1.23 bits per heavy atom. The van der Waals surface area contributed by atoms with Gasteiger partial charge in [-0.15, -0.1) is 0 Å². The van der Waals surface area contributed by atoms with E-state index < -0.39 is 42.0 Å². The van der Waals surface area contributed by atoms with Gasteiger partial charge in [0.15, 0.2) is 18.0 Å². The largest absolute Gasteiger partial charge is 0.459 e. The van der Waals surface area contributed by atoms with Crippen LogP contribution in [0.3, 0.4) is 0 Å². The molecule has 1 N–H and O–H groups in total. The Bertz CT molecular complexity index is 1170. The lowest BCUT2D eigenvalue weighted by molar-refractivity contribution is -0.172. The van der Waals surface area contributed by atoms with Crippen LogP contribution in [0.1, 0.15) is 38.0 Å². The first-order valence-corrected chi connectivity index (χ1v) is 11.0. The zero-order valence-electron chi connectivity index (χ0n) is 18.9. The molecule has 3 aromatic carbocycles. The maximum atomic E-state index is 12.8. The van der Waals surface area contributed by atoms with E-state index in [0.717, 1.165) is 0 Å². The Hall–Kier alpha value is -4.01. The number of benzene rings is 3. The van der Waals surface area contributed by atoms with Crippen molar-refractivity contribution in [3.63, 3.8) is 0 Å². The van der Waals surface area contributed by atoms with Gasteiger partial charge in [-0.2, -0.15) is 0 Å². The maximum absolute atomic E-state index is 12.8. The number of esters is 3. The molecule has 1 aliphatic rings. The molecule has 0 aliphatic carbocycles. The number of carbonyl (C=O) groups is 3. The van der Waals surface area contributed by atoms with Crippen molar-refractivity contribution in [2.75, 3.05) is 6.61 Å². The second-order valence-corrected chi connectivity index (χ2v) is 8.12. The van der Waals surface area contributed by atoms with Gasteiger partial charge >= 0.3 is 17.9 Å². The first kappa shape index (κ1) is 24.1. The molecule has 1 saturated heterocycles. The molecule has 0 aromatic heterocycles. The summed E-state index contributed by atoms with van der Waals surface area (Å²) in [6.45, 7) is 1.05. The smallest absolute Gasteiger partial charge is 0.338 e. The van der Waals surface area contributed by atoms with Gasteiger partial charge in [0, 0.05) is 0 Å². The molecule has 8 nitrogen and oxygen atoms in total. The monoisotopic (exact) mass is 476 g/mol. The lowest BCUT2D eigenvalue weighted by Crippen LogP contribution is -2.52. The van der Waals surface area contributed by atoms with E-state index in [-0.39, 0.29) is 17.7 Å². The van der Waals surface area contributed by atoms with Gasteiger partial charge in [-0.25, -0.2) is 14.4 Å². The fourth-order valence-corrected chi connectivity index (χ4v) is 3.72. The highest BCUT2D eigenvalue weighted by atomic mass is 16.7. The van der Waals surface area contributed by atoms with Gasteiger partial charge in [-0.05, 0) is 43.3 Å². The average Bonchev–Trinajstić information content (AvgIpc) is 3.12. The topological polar surface area (TPSA) is 108 Å². The first-order chi connectivity index (χ1) is 16.9. The second kappa shape index (κ2) is 10.5. The van der Waals surface area contributed by atoms with Gasteiger partial charge in [-0.1, -0.05) is 54.6 Å². The van der Waals surface area contributed by atoms with Gasteiger partial charge in [-0.3, -0.25) is 0 Å². The normalized spacial score (nSPS) is 23.3. The third-order valence-electron chi connectivity index (χ3n) is 5.65. The molecule has 4 rings (SSSR count). The maximum Gasteiger partial charge on any atom is 0.338 e. The van der Waals surface area contributed by atoms with E-state index in [2.05, 4.69) is 0 Å². The predicted octanol–water partition coefficient (Wildman–Crippen LogP) is 3.40. The number of aliphatic hydroxyl groups excluding tert-OH is 1. The van der Waals surface area contributed by atoms with Crippen LogP contribution in [0.4, 0.5) is 0 Å². The molecule has 8 heteroatoms. The summed E-state index contributed by atoms with van der Waals surface area (Å²) in [5.41, 5.74) is -0.956. The number of hydrogen-bond acceptors (Lipinski definition) is 8. The zero-order chi connectivity index (χ0) is 24.8. The Kier molecular flexibility index (Phi) is 7.24. The minimum Gasteiger partial charge on any atom is -0.459 e. The van der Waals surface area contributed by atoms with E-state index in [9.17, 15) is 19.5 Å². The number of carbonyl (C=O) groups excluding carboxylic acids is 3. The minimum atomic E-state index is -1.78. The molecular weight excluding hydrogens is 452 g/mol. The van der Waals surface area contributed by atoms with E-state index in [1.807, 2.05) is 0 Å². The average molecular weight is 476 g/mol. The summed E-state index contributed by atoms with van der Waals surface area (Å²) < 4.78 is 22.2. The first-order valence-electron chi connectivity index (χ1n) is 11.0. The van der Waals surface area contributed by atoms with Gasteiger partial charge < -0.3 is 24.1 Å². The van der Waals surface area contributed by atoms with Crippen molar-refractivity contribution in [1.29, 1.82) is 0 Å². The Balaban J connectivity index is 1.56. The zero-order valence-corrected chi connectivity index (χ0v) is 18.9. The van der Waals surface area contributed by atoms with Crippen molar-refractivity contribution in [3.05, 3.63) is 108 Å². The summed E-state index contributed by atoms with van der Waals surface area (Å²) in [4.78, 5) is 38.1. The van der Waals surface area contributed by atoms with Crippen LogP contribution in [-0.4, -0.2) is 53.7 Å². The lowest BCUT2D eigenvalue weighted by Gasteiger charge is -2.32. The highest BCUT2D eigenvalue weighted by Crippen LogP contribution is 2.37. The minimum absolute atomic E-state index is 0.244. The van der Waals surface area contributed by atoms with Gasteiger partial charge in [0.2, 0.25) is 0 Å². The molecule has 1 heterocycles. The Morgan fingerprint density at radius 3 is 1.74 bits per heavy atom. The summed E-state index contributed by atoms with van der Waals surface area (Å²) in [5.74, 6) is -2.07. The van der Waals surface area contributed by atoms with Gasteiger partial charge in [0.05, 0.1) is 16.7 Å². The Morgan fingerprint density at radius 1 is 0.771 bits per heavy atom. The third-order valence-corrected chi connectivity index (χ3v) is 5.65. The summed E-state index contributed by atoms with van der Waals surface area (Å²) in [7, 11) is 0. The standard InChI is InChI=1S/C27H24O8/c1-27(35-25(30)20-15-9-4-10-16-20)22(34-24(29)19-13-7-3-8-14-19)21(33-26(27)31)17-32-23(28)18-11-5-2-6-12-18/h2-16,21-22,26,31H,17H2,1H3/t21-,22+,26?,27-/m1/s1. The highest BCUT2D eigenvalue weighted by molar-refractivity contribution is 5.91. The van der Waals surface area contributed by atoms with Crippen molar-refractivity contribution < 1.29 is 38.4 Å². The summed E-state index contributed by atoms with van der Waals surface area (Å²) >= 11 is 0. The predicted molar refractivity (Wildman–Crippen MR) is 124 cm³/mol. The van der Waals surface area contributed by atoms with E-state index in [4.69, 9.17) is 18.9 Å². The van der Waals surface area contributed by atoms with Crippen molar-refractivity contribution in [3.8, 4) is 0 Å². The molecule has 0 saturated carbocycles. The molecule has 1 fully saturated rings. The van der Waals surface area contributed by atoms with E-state index in [1.165, 1.54) is 6.92 Å². The van der Waals surface area contributed by atoms with Crippen LogP contribution in [0, 0.1) is 0 Å². The van der Waals surface area contributed by atoms with Crippen LogP contribution in [0.5, 0.6) is 0 Å². The molecule has 1 unspecified atom stereocenters. The van der Waals surface area contributed by atoms with Crippen molar-refractivity contribution in [1.82, 2.24) is 0 Å². The number of ether oxygens (including phenoxy) is 4. The lowest BCUT2D eigenvalue weighted by atomic mass is 9.96. The van der Waals surface area contributed by atoms with E-state index >= 15 is 0 Å². The molecule has 35 heavy (non-hydrogen) atoms. The van der Waals surface area contributed by atoms with E-state index in [0.29, 0.717) is 5.56 Å². The molecule has 4 atom stereocenters. The van der Waals surface area contributed by atoms with Crippen molar-refractivity contribution in [2.45, 2.75) is 31.0 Å². The summed E-state index contributed by atoms with van der Waals surface area (Å²) in [5, 5.41) is 10.7. The molecule has 0 spiro atoms. The van der Waals surface area contributed by atoms with Gasteiger partial charge in [0.1, 0.15) is 12.7 Å². The fourth-order valence-electron chi connectivity index (χ4n) is 3.72. The van der Waals surface area contributed by atoms with E-state index in [1.54, 1.807) is 91.0 Å². The number of hydrogen-bond donors (Lipinski definition) is 1. The van der Waals surface area contributed by atoms with Crippen LogP contribution in [-0.2, 0) is 18.9 Å². The fraction of sp³-hybridized carbons (Fsp3) is 0.222. The van der Waals surface area contributed by atoms with Gasteiger partial charge in [0.25, 0.3) is 0 Å². The molecule has 180 valence electrons. The molecule has 3 aromatic rings. The number of rotatable bonds is 7.